The Balaban J connectivity index is 2.96. The molecule has 4 N–H and O–H groups in total. The summed E-state index contributed by atoms with van der Waals surface area (Å²) in [6, 6.07) is 0. The van der Waals surface area contributed by atoms with E-state index in [0.29, 0.717) is 0 Å². The summed E-state index contributed by atoms with van der Waals surface area (Å²) in [7, 11) is -11.4. The first kappa shape index (κ1) is 18.1. The zero-order valence-electron chi connectivity index (χ0n) is 9.41. The van der Waals surface area contributed by atoms with Gasteiger partial charge in [-0.3, -0.25) is 0 Å². The second kappa shape index (κ2) is 6.05. The van der Waals surface area contributed by atoms with E-state index in [4.69, 9.17) is 0 Å². The Morgan fingerprint density at radius 3 is 1.00 bits per heavy atom. The van der Waals surface area contributed by atoms with E-state index in [1.807, 2.05) is 0 Å². The number of hydrogen-bond acceptors (Lipinski definition) is 12. The summed E-state index contributed by atoms with van der Waals surface area (Å²) in [5.41, 5.74) is 0. The van der Waals surface area contributed by atoms with Crippen molar-refractivity contribution in [3.8, 4) is 0 Å². The van der Waals surface area contributed by atoms with Crippen LogP contribution in [0.2, 0.25) is 0 Å². The molecule has 0 radical (unpaired) electrons. The van der Waals surface area contributed by atoms with Crippen LogP contribution in [0.25, 0.3) is 0 Å². The normalized spacial score (nSPS) is 39.8. The fraction of sp³-hybridized carbons (Fsp3) is 1.00. The minimum Gasteiger partial charge on any atom is -0.790 e. The van der Waals surface area contributed by atoms with Gasteiger partial charge in [-0.15, -0.1) is 0 Å². The van der Waals surface area contributed by atoms with E-state index < -0.39 is 52.3 Å². The van der Waals surface area contributed by atoms with E-state index in [-0.39, 0.29) is 0 Å². The van der Waals surface area contributed by atoms with Crippen LogP contribution in [0, 0.1) is 0 Å². The Morgan fingerprint density at radius 1 is 0.650 bits per heavy atom. The maximum absolute atomic E-state index is 10.4. The van der Waals surface area contributed by atoms with Gasteiger partial charge in [-0.1, -0.05) is 0 Å². The molecule has 0 heterocycles. The summed E-state index contributed by atoms with van der Waals surface area (Å²) in [5, 5.41) is 37.7. The summed E-state index contributed by atoms with van der Waals surface area (Å²) < 4.78 is 28.3. The van der Waals surface area contributed by atoms with Crippen LogP contribution in [0.3, 0.4) is 0 Å². The molecular formula is C6H10O12P2-4. The molecule has 0 amide bonds. The summed E-state index contributed by atoms with van der Waals surface area (Å²) in [4.78, 5) is 41.6. The lowest BCUT2D eigenvalue weighted by atomic mass is 9.85. The molecule has 0 aromatic carbocycles. The summed E-state index contributed by atoms with van der Waals surface area (Å²) in [6.07, 6.45) is -13.7. The average molecular weight is 336 g/mol. The largest absolute Gasteiger partial charge is 0.790 e. The van der Waals surface area contributed by atoms with E-state index in [9.17, 15) is 49.1 Å². The van der Waals surface area contributed by atoms with Gasteiger partial charge in [-0.2, -0.15) is 0 Å². The van der Waals surface area contributed by atoms with Gasteiger partial charge < -0.3 is 58.2 Å². The molecule has 120 valence electrons. The van der Waals surface area contributed by atoms with Crippen molar-refractivity contribution in [2.45, 2.75) is 36.6 Å². The molecule has 20 heavy (non-hydrogen) atoms. The topological polar surface area (TPSA) is 226 Å². The van der Waals surface area contributed by atoms with E-state index in [0.717, 1.165) is 0 Å². The van der Waals surface area contributed by atoms with Gasteiger partial charge in [0, 0.05) is 0 Å². The van der Waals surface area contributed by atoms with Crippen molar-refractivity contribution in [2.75, 3.05) is 0 Å². The summed E-state index contributed by atoms with van der Waals surface area (Å²) >= 11 is 0. The zero-order chi connectivity index (χ0) is 15.9. The molecule has 1 aliphatic rings. The molecular weight excluding hydrogens is 326 g/mol. The smallest absolute Gasteiger partial charge is 0.120 e. The van der Waals surface area contributed by atoms with Crippen molar-refractivity contribution in [3.05, 3.63) is 0 Å². The van der Waals surface area contributed by atoms with E-state index in [2.05, 4.69) is 9.05 Å². The van der Waals surface area contributed by atoms with Gasteiger partial charge >= 0.3 is 0 Å². The molecule has 2 unspecified atom stereocenters. The molecule has 0 aliphatic heterocycles. The molecule has 1 fully saturated rings. The lowest BCUT2D eigenvalue weighted by Gasteiger charge is -2.48. The molecule has 1 aliphatic carbocycles. The van der Waals surface area contributed by atoms with Crippen LogP contribution >= 0.6 is 15.6 Å². The summed E-state index contributed by atoms with van der Waals surface area (Å²) in [6.45, 7) is 0. The number of aliphatic hydroxyl groups excluding tert-OH is 4. The molecule has 0 bridgehead atoms. The molecule has 1 saturated carbocycles. The number of aliphatic hydroxyl groups is 4. The molecule has 12 nitrogen and oxygen atoms in total. The second-order valence-electron chi connectivity index (χ2n) is 4.00. The maximum atomic E-state index is 10.4. The molecule has 6 atom stereocenters. The predicted octanol–water partition coefficient (Wildman–Crippen LogP) is -6.13. The Labute approximate surface area is 111 Å². The lowest BCUT2D eigenvalue weighted by molar-refractivity contribution is -0.362. The highest BCUT2D eigenvalue weighted by molar-refractivity contribution is 7.43. The molecule has 14 heteroatoms. The van der Waals surface area contributed by atoms with Crippen LogP contribution in [0.1, 0.15) is 0 Å². The quantitative estimate of drug-likeness (QED) is 0.352. The highest BCUT2D eigenvalue weighted by atomic mass is 31.2. The molecule has 0 spiro atoms. The average Bonchev–Trinajstić information content (AvgIpc) is 2.25. The lowest BCUT2D eigenvalue weighted by Crippen LogP contribution is -2.65. The van der Waals surface area contributed by atoms with Gasteiger partial charge in [0.25, 0.3) is 0 Å². The van der Waals surface area contributed by atoms with Crippen molar-refractivity contribution in [1.29, 1.82) is 0 Å². The maximum Gasteiger partial charge on any atom is 0.120 e. The highest BCUT2D eigenvalue weighted by Gasteiger charge is 2.50. The van der Waals surface area contributed by atoms with Crippen molar-refractivity contribution in [3.63, 3.8) is 0 Å². The van der Waals surface area contributed by atoms with Gasteiger partial charge in [0.15, 0.2) is 0 Å². The fourth-order valence-corrected chi connectivity index (χ4v) is 2.82. The highest BCUT2D eigenvalue weighted by Crippen LogP contribution is 2.38. The third kappa shape index (κ3) is 4.53. The third-order valence-corrected chi connectivity index (χ3v) is 3.55. The Hall–Kier alpha value is 0.0600. The number of rotatable bonds is 4. The van der Waals surface area contributed by atoms with Crippen LogP contribution in [0.15, 0.2) is 0 Å². The van der Waals surface area contributed by atoms with Gasteiger partial charge in [-0.25, -0.2) is 0 Å². The van der Waals surface area contributed by atoms with Gasteiger partial charge in [-0.05, 0) is 0 Å². The standard InChI is InChI=1S/C6H14O12P2/c7-1-2(8)6(18-20(14,15)16)4(10)3(9)5(1)17-19(11,12)13/h1-10H,(H2,11,12,13)(H2,14,15,16)/p-4/t1-,2-,3+,4+,5?,6?. The minimum absolute atomic E-state index is 2.25. The number of hydrogen-bond donors (Lipinski definition) is 4. The van der Waals surface area contributed by atoms with Crippen molar-refractivity contribution >= 4 is 15.6 Å². The van der Waals surface area contributed by atoms with E-state index in [1.165, 1.54) is 0 Å². The van der Waals surface area contributed by atoms with Crippen LogP contribution in [-0.4, -0.2) is 57.0 Å². The van der Waals surface area contributed by atoms with Crippen molar-refractivity contribution in [1.82, 2.24) is 0 Å². The van der Waals surface area contributed by atoms with Gasteiger partial charge in [0.2, 0.25) is 0 Å². The zero-order valence-corrected chi connectivity index (χ0v) is 11.2. The van der Waals surface area contributed by atoms with Crippen molar-refractivity contribution in [2.24, 2.45) is 0 Å². The summed E-state index contributed by atoms with van der Waals surface area (Å²) in [5.74, 6) is 0. The number of phosphoric ester groups is 2. The minimum atomic E-state index is -5.68. The Morgan fingerprint density at radius 2 is 0.850 bits per heavy atom. The van der Waals surface area contributed by atoms with Crippen LogP contribution in [0.5, 0.6) is 0 Å². The molecule has 0 aromatic rings. The monoisotopic (exact) mass is 336 g/mol. The van der Waals surface area contributed by atoms with E-state index >= 15 is 0 Å². The van der Waals surface area contributed by atoms with Crippen molar-refractivity contribution < 1.29 is 58.2 Å². The fourth-order valence-electron chi connectivity index (χ4n) is 1.73. The van der Waals surface area contributed by atoms with E-state index in [1.54, 1.807) is 0 Å². The SMILES string of the molecule is O=P([O-])([O-])OC1[C@@H](O)[C@H](O)C(OP(=O)([O-])[O-])[C@H](O)[C@H]1O. The predicted molar refractivity (Wildman–Crippen MR) is 49.0 cm³/mol. The molecule has 0 saturated heterocycles. The first-order valence-corrected chi connectivity index (χ1v) is 7.89. The third-order valence-electron chi connectivity index (χ3n) is 2.55. The number of phosphoric acid groups is 2. The van der Waals surface area contributed by atoms with Crippen LogP contribution in [-0.2, 0) is 18.2 Å². The van der Waals surface area contributed by atoms with Gasteiger partial charge in [0.05, 0.1) is 15.6 Å². The molecule has 0 aromatic heterocycles. The first-order valence-electron chi connectivity index (χ1n) is 4.96. The van der Waals surface area contributed by atoms with Gasteiger partial charge in [0.1, 0.15) is 36.6 Å². The Bertz CT molecular complexity index is 372. The Kier molecular flexibility index (Phi) is 5.48. The molecule has 1 rings (SSSR count). The van der Waals surface area contributed by atoms with Crippen LogP contribution < -0.4 is 19.6 Å². The first-order chi connectivity index (χ1) is 8.83. The van der Waals surface area contributed by atoms with Crippen LogP contribution in [0.4, 0.5) is 0 Å². The second-order valence-corrected chi connectivity index (χ2v) is 6.21.